The number of likely N-dealkylation sites (tertiary alicyclic amines) is 1. The molecular formula is C30H31ClN4O3S. The van der Waals surface area contributed by atoms with Gasteiger partial charge in [0.1, 0.15) is 11.4 Å². The molecule has 2 aromatic carbocycles. The molecule has 0 unspecified atom stereocenters. The maximum absolute atomic E-state index is 13.3. The van der Waals surface area contributed by atoms with E-state index in [0.29, 0.717) is 42.6 Å². The number of aromatic amines is 1. The average Bonchev–Trinajstić information content (AvgIpc) is 3.58. The van der Waals surface area contributed by atoms with Crippen LogP contribution in [0.15, 0.2) is 53.9 Å². The number of benzene rings is 2. The minimum atomic E-state index is -1.03. The van der Waals surface area contributed by atoms with E-state index in [2.05, 4.69) is 23.2 Å². The number of carbonyl (C=O) groups is 2. The molecule has 0 saturated carbocycles. The lowest BCUT2D eigenvalue weighted by molar-refractivity contribution is -0.146. The van der Waals surface area contributed by atoms with E-state index in [9.17, 15) is 9.59 Å². The second-order valence-electron chi connectivity index (χ2n) is 10.8. The van der Waals surface area contributed by atoms with Crippen LogP contribution < -0.4 is 4.74 Å². The molecule has 7 nitrogen and oxygen atoms in total. The minimum Gasteiger partial charge on any atom is -0.476 e. The van der Waals surface area contributed by atoms with Gasteiger partial charge in [0.2, 0.25) is 0 Å². The molecule has 0 bridgehead atoms. The van der Waals surface area contributed by atoms with E-state index in [1.807, 2.05) is 33.4 Å². The fourth-order valence-corrected chi connectivity index (χ4v) is 6.80. The smallest absolute Gasteiger partial charge is 0.273 e. The van der Waals surface area contributed by atoms with Crippen molar-refractivity contribution in [3.8, 4) is 5.75 Å². The van der Waals surface area contributed by atoms with Crippen molar-refractivity contribution in [3.63, 3.8) is 0 Å². The van der Waals surface area contributed by atoms with Crippen molar-refractivity contribution in [1.29, 1.82) is 0 Å². The normalized spacial score (nSPS) is 16.4. The number of nitrogens with one attached hydrogen (secondary N) is 1. The van der Waals surface area contributed by atoms with E-state index in [4.69, 9.17) is 21.3 Å². The number of hydrogen-bond acceptors (Lipinski definition) is 5. The quantitative estimate of drug-likeness (QED) is 0.322. The lowest BCUT2D eigenvalue weighted by Crippen LogP contribution is -2.51. The summed E-state index contributed by atoms with van der Waals surface area (Å²) in [5.41, 5.74) is 3.04. The Bertz CT molecular complexity index is 1540. The highest BCUT2D eigenvalue weighted by Gasteiger charge is 2.37. The van der Waals surface area contributed by atoms with Crippen LogP contribution in [0.25, 0.3) is 10.9 Å². The van der Waals surface area contributed by atoms with Gasteiger partial charge in [0.05, 0.1) is 16.6 Å². The largest absolute Gasteiger partial charge is 0.476 e. The van der Waals surface area contributed by atoms with Crippen LogP contribution in [0.2, 0.25) is 5.02 Å². The van der Waals surface area contributed by atoms with Gasteiger partial charge in [-0.1, -0.05) is 41.9 Å². The first kappa shape index (κ1) is 25.9. The first-order valence-corrected chi connectivity index (χ1v) is 14.6. The van der Waals surface area contributed by atoms with Crippen LogP contribution >= 0.6 is 22.9 Å². The van der Waals surface area contributed by atoms with E-state index < -0.39 is 5.60 Å². The molecule has 0 radical (unpaired) electrons. The van der Waals surface area contributed by atoms with E-state index in [1.54, 1.807) is 37.3 Å². The summed E-state index contributed by atoms with van der Waals surface area (Å²) in [6.45, 7) is 6.06. The predicted molar refractivity (Wildman–Crippen MR) is 154 cm³/mol. The van der Waals surface area contributed by atoms with E-state index >= 15 is 0 Å². The Morgan fingerprint density at radius 1 is 1.05 bits per heavy atom. The van der Waals surface area contributed by atoms with Gasteiger partial charge in [-0.25, -0.2) is 4.98 Å². The zero-order chi connectivity index (χ0) is 27.1. The molecule has 0 atom stereocenters. The maximum Gasteiger partial charge on any atom is 0.273 e. The number of thiazole rings is 1. The molecule has 0 spiro atoms. The molecule has 1 fully saturated rings. The highest BCUT2D eigenvalue weighted by molar-refractivity contribution is 7.09. The van der Waals surface area contributed by atoms with Gasteiger partial charge >= 0.3 is 0 Å². The van der Waals surface area contributed by atoms with Gasteiger partial charge < -0.3 is 19.5 Å². The number of piperidine rings is 1. The summed E-state index contributed by atoms with van der Waals surface area (Å²) in [5, 5.41) is 4.59. The molecule has 0 aliphatic carbocycles. The number of halogens is 1. The highest BCUT2D eigenvalue weighted by Crippen LogP contribution is 2.34. The fraction of sp³-hybridized carbons (Fsp3) is 0.367. The van der Waals surface area contributed by atoms with Gasteiger partial charge in [0, 0.05) is 47.5 Å². The van der Waals surface area contributed by atoms with Gasteiger partial charge in [-0.05, 0) is 56.9 Å². The number of carbonyl (C=O) groups excluding carboxylic acids is 2. The number of fused-ring (bicyclic) bond motifs is 3. The van der Waals surface area contributed by atoms with Crippen molar-refractivity contribution >= 4 is 45.7 Å². The van der Waals surface area contributed by atoms with Crippen molar-refractivity contribution in [2.75, 3.05) is 19.6 Å². The fourth-order valence-electron chi connectivity index (χ4n) is 5.66. The SMILES string of the molecule is CC(C)(Oc1ccccc1Cl)C(=O)N1CCC(c2nc(C(=O)N3CCc4c([nH]c5ccccc45)C3)cs2)CC1. The van der Waals surface area contributed by atoms with E-state index in [0.717, 1.165) is 35.5 Å². The maximum atomic E-state index is 13.3. The second kappa shape index (κ2) is 10.3. The number of aromatic nitrogens is 2. The summed E-state index contributed by atoms with van der Waals surface area (Å²) >= 11 is 7.78. The lowest BCUT2D eigenvalue weighted by Gasteiger charge is -2.36. The number of amides is 2. The van der Waals surface area contributed by atoms with Crippen LogP contribution in [0.4, 0.5) is 0 Å². The summed E-state index contributed by atoms with van der Waals surface area (Å²) in [5.74, 6) is 0.655. The topological polar surface area (TPSA) is 78.5 Å². The van der Waals surface area contributed by atoms with Crippen molar-refractivity contribution in [1.82, 2.24) is 19.8 Å². The number of hydrogen-bond donors (Lipinski definition) is 1. The molecule has 2 amide bonds. The zero-order valence-corrected chi connectivity index (χ0v) is 23.6. The Morgan fingerprint density at radius 2 is 1.79 bits per heavy atom. The molecule has 9 heteroatoms. The molecule has 2 aliphatic heterocycles. The van der Waals surface area contributed by atoms with Crippen molar-refractivity contribution < 1.29 is 14.3 Å². The van der Waals surface area contributed by atoms with Crippen LogP contribution in [0, 0.1) is 0 Å². The number of H-pyrrole nitrogens is 1. The Morgan fingerprint density at radius 3 is 2.59 bits per heavy atom. The van der Waals surface area contributed by atoms with Gasteiger partial charge in [-0.3, -0.25) is 9.59 Å². The molecule has 6 rings (SSSR count). The van der Waals surface area contributed by atoms with E-state index in [1.165, 1.54) is 10.9 Å². The summed E-state index contributed by atoms with van der Waals surface area (Å²) in [4.78, 5) is 38.6. The second-order valence-corrected chi connectivity index (χ2v) is 12.1. The number of nitrogens with zero attached hydrogens (tertiary/aromatic N) is 3. The van der Waals surface area contributed by atoms with Crippen LogP contribution in [-0.4, -0.2) is 56.8 Å². The first-order chi connectivity index (χ1) is 18.8. The van der Waals surface area contributed by atoms with Crippen molar-refractivity contribution in [2.24, 2.45) is 0 Å². The molecule has 1 saturated heterocycles. The lowest BCUT2D eigenvalue weighted by atomic mass is 9.96. The minimum absolute atomic E-state index is 0.0205. The summed E-state index contributed by atoms with van der Waals surface area (Å²) in [6.07, 6.45) is 2.44. The van der Waals surface area contributed by atoms with Gasteiger partial charge in [-0.2, -0.15) is 0 Å². The average molecular weight is 563 g/mol. The molecule has 202 valence electrons. The monoisotopic (exact) mass is 562 g/mol. The van der Waals surface area contributed by atoms with Crippen molar-refractivity contribution in [3.05, 3.63) is 80.9 Å². The molecule has 4 heterocycles. The number of para-hydroxylation sites is 2. The van der Waals surface area contributed by atoms with Gasteiger partial charge in [0.25, 0.3) is 11.8 Å². The molecule has 2 aromatic heterocycles. The molecule has 2 aliphatic rings. The van der Waals surface area contributed by atoms with Gasteiger partial charge in [-0.15, -0.1) is 11.3 Å². The third-order valence-corrected chi connectivity index (χ3v) is 9.08. The zero-order valence-electron chi connectivity index (χ0n) is 22.1. The van der Waals surface area contributed by atoms with Gasteiger partial charge in [0.15, 0.2) is 5.60 Å². The standard InChI is InChI=1S/C30H31ClN4O3S/c1-30(2,38-26-10-6-4-8-22(26)31)29(37)34-14-11-19(12-15-34)27-33-25(18-39-27)28(36)35-16-13-21-20-7-3-5-9-23(20)32-24(21)17-35/h3-10,18-19,32H,11-17H2,1-2H3. The summed E-state index contributed by atoms with van der Waals surface area (Å²) in [7, 11) is 0. The third kappa shape index (κ3) is 5.03. The highest BCUT2D eigenvalue weighted by atomic mass is 35.5. The Labute approximate surface area is 236 Å². The Hall–Kier alpha value is -3.36. The van der Waals surface area contributed by atoms with Crippen molar-refractivity contribution in [2.45, 2.75) is 51.2 Å². The van der Waals surface area contributed by atoms with Crippen LogP contribution in [-0.2, 0) is 17.8 Å². The van der Waals surface area contributed by atoms with Crippen LogP contribution in [0.3, 0.4) is 0 Å². The van der Waals surface area contributed by atoms with E-state index in [-0.39, 0.29) is 17.7 Å². The molecular weight excluding hydrogens is 532 g/mol. The van der Waals surface area contributed by atoms with Crippen LogP contribution in [0.1, 0.15) is 59.4 Å². The summed E-state index contributed by atoms with van der Waals surface area (Å²) < 4.78 is 6.01. The van der Waals surface area contributed by atoms with Crippen LogP contribution in [0.5, 0.6) is 5.75 Å². The third-order valence-electron chi connectivity index (χ3n) is 7.76. The first-order valence-electron chi connectivity index (χ1n) is 13.4. The Balaban J connectivity index is 1.07. The number of ether oxygens (including phenoxy) is 1. The predicted octanol–water partition coefficient (Wildman–Crippen LogP) is 6.04. The molecule has 4 aromatic rings. The molecule has 1 N–H and O–H groups in total. The molecule has 39 heavy (non-hydrogen) atoms. The number of rotatable bonds is 5. The summed E-state index contributed by atoms with van der Waals surface area (Å²) in [6, 6.07) is 15.5. The Kier molecular flexibility index (Phi) is 6.85.